The summed E-state index contributed by atoms with van der Waals surface area (Å²) in [5, 5.41) is 0. The number of halogens is 3. The molecule has 5 heteroatoms. The first-order valence-corrected chi connectivity index (χ1v) is 5.96. The lowest BCUT2D eigenvalue weighted by atomic mass is 10.2. The van der Waals surface area contributed by atoms with E-state index < -0.39 is 11.6 Å². The van der Waals surface area contributed by atoms with Gasteiger partial charge in [0.05, 0.1) is 10.2 Å². The van der Waals surface area contributed by atoms with Crippen LogP contribution in [-0.4, -0.2) is 0 Å². The number of hydrogen-bond donors (Lipinski definition) is 1. The van der Waals surface area contributed by atoms with Gasteiger partial charge in [0.25, 0.3) is 0 Å². The van der Waals surface area contributed by atoms with Crippen LogP contribution in [0.1, 0.15) is 5.56 Å². The van der Waals surface area contributed by atoms with Crippen LogP contribution in [0.3, 0.4) is 0 Å². The number of benzene rings is 2. The molecule has 2 N–H and O–H groups in total. The third kappa shape index (κ3) is 2.46. The highest BCUT2D eigenvalue weighted by Crippen LogP contribution is 2.33. The molecule has 2 nitrogen and oxygen atoms in total. The molecule has 2 rings (SSSR count). The lowest BCUT2D eigenvalue weighted by molar-refractivity contribution is 0.440. The third-order valence-corrected chi connectivity index (χ3v) is 3.04. The minimum atomic E-state index is -0.496. The second-order valence-corrected chi connectivity index (χ2v) is 4.65. The van der Waals surface area contributed by atoms with Crippen LogP contribution in [0.5, 0.6) is 11.5 Å². The summed E-state index contributed by atoms with van der Waals surface area (Å²) in [5.41, 5.74) is 6.19. The Kier molecular flexibility index (Phi) is 3.52. The molecule has 2 aromatic carbocycles. The lowest BCUT2D eigenvalue weighted by Gasteiger charge is -2.11. The van der Waals surface area contributed by atoms with Crippen molar-refractivity contribution in [3.8, 4) is 11.5 Å². The monoisotopic (exact) mass is 313 g/mol. The predicted octanol–water partition coefficient (Wildman–Crippen LogP) is 4.41. The summed E-state index contributed by atoms with van der Waals surface area (Å²) in [6.07, 6.45) is 0. The molecular formula is C13H10BrF2NO. The minimum Gasteiger partial charge on any atom is -0.452 e. The van der Waals surface area contributed by atoms with Gasteiger partial charge < -0.3 is 10.5 Å². The van der Waals surface area contributed by atoms with E-state index in [1.165, 1.54) is 12.1 Å². The molecule has 0 bridgehead atoms. The van der Waals surface area contributed by atoms with Crippen LogP contribution in [0, 0.1) is 18.6 Å². The lowest BCUT2D eigenvalue weighted by Crippen LogP contribution is -1.96. The third-order valence-electron chi connectivity index (χ3n) is 2.43. The Hall–Kier alpha value is -1.62. The summed E-state index contributed by atoms with van der Waals surface area (Å²) in [6, 6.07) is 7.27. The van der Waals surface area contributed by atoms with E-state index in [2.05, 4.69) is 15.9 Å². The molecule has 0 aliphatic carbocycles. The molecule has 0 radical (unpaired) electrons. The van der Waals surface area contributed by atoms with Crippen LogP contribution < -0.4 is 10.5 Å². The van der Waals surface area contributed by atoms with Gasteiger partial charge in [-0.1, -0.05) is 12.1 Å². The van der Waals surface area contributed by atoms with Crippen molar-refractivity contribution < 1.29 is 13.5 Å². The van der Waals surface area contributed by atoms with E-state index in [9.17, 15) is 8.78 Å². The molecule has 0 unspecified atom stereocenters. The van der Waals surface area contributed by atoms with Crippen molar-refractivity contribution >= 4 is 21.6 Å². The van der Waals surface area contributed by atoms with E-state index in [4.69, 9.17) is 10.5 Å². The van der Waals surface area contributed by atoms with Gasteiger partial charge >= 0.3 is 0 Å². The van der Waals surface area contributed by atoms with Crippen molar-refractivity contribution in [2.45, 2.75) is 6.92 Å². The van der Waals surface area contributed by atoms with Gasteiger partial charge in [-0.15, -0.1) is 0 Å². The molecule has 0 aliphatic heterocycles. The fraction of sp³-hybridized carbons (Fsp3) is 0.0769. The second kappa shape index (κ2) is 4.94. The van der Waals surface area contributed by atoms with Crippen molar-refractivity contribution in [2.75, 3.05) is 5.73 Å². The van der Waals surface area contributed by atoms with E-state index in [1.807, 2.05) is 0 Å². The van der Waals surface area contributed by atoms with Crippen molar-refractivity contribution in [3.63, 3.8) is 0 Å². The molecule has 0 aromatic heterocycles. The van der Waals surface area contributed by atoms with E-state index >= 15 is 0 Å². The summed E-state index contributed by atoms with van der Waals surface area (Å²) in [4.78, 5) is 0. The molecule has 0 atom stereocenters. The van der Waals surface area contributed by atoms with E-state index in [0.717, 1.165) is 6.07 Å². The Morgan fingerprint density at radius 3 is 2.61 bits per heavy atom. The predicted molar refractivity (Wildman–Crippen MR) is 69.7 cm³/mol. The van der Waals surface area contributed by atoms with Crippen LogP contribution in [-0.2, 0) is 0 Å². The molecule has 0 saturated carbocycles. The second-order valence-electron chi connectivity index (χ2n) is 3.79. The first kappa shape index (κ1) is 12.8. The SMILES string of the molecule is Cc1cccc(Oc2cc(Br)c(F)cc2N)c1F. The van der Waals surface area contributed by atoms with Crippen molar-refractivity contribution in [1.82, 2.24) is 0 Å². The van der Waals surface area contributed by atoms with Gasteiger partial charge in [0.15, 0.2) is 17.3 Å². The molecule has 0 spiro atoms. The molecule has 18 heavy (non-hydrogen) atoms. The topological polar surface area (TPSA) is 35.2 Å². The fourth-order valence-corrected chi connectivity index (χ4v) is 1.77. The van der Waals surface area contributed by atoms with E-state index in [0.29, 0.717) is 5.56 Å². The zero-order chi connectivity index (χ0) is 13.3. The zero-order valence-electron chi connectivity index (χ0n) is 9.51. The van der Waals surface area contributed by atoms with Crippen molar-refractivity contribution in [3.05, 3.63) is 52.0 Å². The number of nitrogen functional groups attached to an aromatic ring is 1. The maximum Gasteiger partial charge on any atom is 0.168 e. The van der Waals surface area contributed by atoms with Crippen molar-refractivity contribution in [1.29, 1.82) is 0 Å². The number of anilines is 1. The Labute approximate surface area is 112 Å². The normalized spacial score (nSPS) is 10.4. The molecule has 0 saturated heterocycles. The highest BCUT2D eigenvalue weighted by Gasteiger charge is 2.11. The Bertz CT molecular complexity index is 602. The number of hydrogen-bond acceptors (Lipinski definition) is 2. The van der Waals surface area contributed by atoms with Crippen LogP contribution in [0.15, 0.2) is 34.8 Å². The van der Waals surface area contributed by atoms with E-state index in [1.54, 1.807) is 19.1 Å². The Morgan fingerprint density at radius 2 is 1.89 bits per heavy atom. The highest BCUT2D eigenvalue weighted by atomic mass is 79.9. The summed E-state index contributed by atoms with van der Waals surface area (Å²) in [6.45, 7) is 1.63. The number of ether oxygens (including phenoxy) is 1. The standard InChI is InChI=1S/C13H10BrF2NO/c1-7-3-2-4-11(13(7)16)18-12-5-8(14)9(15)6-10(12)17/h2-6H,17H2,1H3. The molecule has 0 amide bonds. The van der Waals surface area contributed by atoms with Crippen LogP contribution in [0.25, 0.3) is 0 Å². The summed E-state index contributed by atoms with van der Waals surface area (Å²) >= 11 is 3.02. The van der Waals surface area contributed by atoms with Crippen molar-refractivity contribution in [2.24, 2.45) is 0 Å². The largest absolute Gasteiger partial charge is 0.452 e. The van der Waals surface area contributed by atoms with Gasteiger partial charge in [-0.3, -0.25) is 0 Å². The summed E-state index contributed by atoms with van der Waals surface area (Å²) in [7, 11) is 0. The van der Waals surface area contributed by atoms with Crippen LogP contribution >= 0.6 is 15.9 Å². The molecular weight excluding hydrogens is 304 g/mol. The van der Waals surface area contributed by atoms with Gasteiger partial charge in [0.1, 0.15) is 5.82 Å². The van der Waals surface area contributed by atoms with Crippen LogP contribution in [0.4, 0.5) is 14.5 Å². The molecule has 0 fully saturated rings. The van der Waals surface area contributed by atoms with Gasteiger partial charge in [0.2, 0.25) is 0 Å². The molecule has 94 valence electrons. The number of rotatable bonds is 2. The number of nitrogens with two attached hydrogens (primary N) is 1. The average molecular weight is 314 g/mol. The quantitative estimate of drug-likeness (QED) is 0.833. The smallest absolute Gasteiger partial charge is 0.168 e. The minimum absolute atomic E-state index is 0.0557. The molecule has 0 aliphatic rings. The summed E-state index contributed by atoms with van der Waals surface area (Å²) < 4.78 is 32.5. The number of aryl methyl sites for hydroxylation is 1. The average Bonchev–Trinajstić information content (AvgIpc) is 2.32. The van der Waals surface area contributed by atoms with Gasteiger partial charge in [-0.05, 0) is 34.5 Å². The molecule has 0 heterocycles. The molecule has 2 aromatic rings. The Morgan fingerprint density at radius 1 is 1.17 bits per heavy atom. The van der Waals surface area contributed by atoms with E-state index in [-0.39, 0.29) is 21.7 Å². The van der Waals surface area contributed by atoms with Crippen LogP contribution in [0.2, 0.25) is 0 Å². The first-order chi connectivity index (χ1) is 8.49. The zero-order valence-corrected chi connectivity index (χ0v) is 11.1. The maximum absolute atomic E-state index is 13.7. The van der Waals surface area contributed by atoms with Gasteiger partial charge in [0, 0.05) is 12.1 Å². The first-order valence-electron chi connectivity index (χ1n) is 5.16. The maximum atomic E-state index is 13.7. The summed E-state index contributed by atoms with van der Waals surface area (Å²) in [5.74, 6) is -0.699. The van der Waals surface area contributed by atoms with Gasteiger partial charge in [-0.2, -0.15) is 0 Å². The Balaban J connectivity index is 2.40. The van der Waals surface area contributed by atoms with Gasteiger partial charge in [-0.25, -0.2) is 8.78 Å². The highest BCUT2D eigenvalue weighted by molar-refractivity contribution is 9.10. The fourth-order valence-electron chi connectivity index (χ4n) is 1.45.